The van der Waals surface area contributed by atoms with Crippen LogP contribution < -0.4 is 20.9 Å². The number of aliphatic hydroxyl groups excluding tert-OH is 1. The first-order valence-electron chi connectivity index (χ1n) is 12.2. The number of carbonyl (C=O) groups excluding carboxylic acids is 1. The van der Waals surface area contributed by atoms with E-state index >= 15 is 0 Å². The Labute approximate surface area is 205 Å². The third-order valence-corrected chi connectivity index (χ3v) is 7.12. The van der Waals surface area contributed by atoms with Gasteiger partial charge in [0.25, 0.3) is 5.91 Å². The number of aliphatic hydroxyl groups is 1. The van der Waals surface area contributed by atoms with Crippen LogP contribution in [-0.4, -0.2) is 84.3 Å². The van der Waals surface area contributed by atoms with Crippen LogP contribution in [0.4, 0.5) is 17.1 Å². The van der Waals surface area contributed by atoms with Crippen molar-refractivity contribution in [1.29, 1.82) is 0 Å². The van der Waals surface area contributed by atoms with Crippen LogP contribution in [0.25, 0.3) is 10.9 Å². The molecule has 1 amide bonds. The molecule has 0 radical (unpaired) electrons. The number of likely N-dealkylation sites (N-methyl/N-ethyl adjacent to an activating group) is 1. The average molecular weight is 476 g/mol. The van der Waals surface area contributed by atoms with Gasteiger partial charge in [-0.05, 0) is 31.3 Å². The van der Waals surface area contributed by atoms with Gasteiger partial charge in [-0.3, -0.25) is 9.78 Å². The normalized spacial score (nSPS) is 23.5. The van der Waals surface area contributed by atoms with Gasteiger partial charge in [0.15, 0.2) is 0 Å². The van der Waals surface area contributed by atoms with Crippen LogP contribution >= 0.6 is 0 Å². The summed E-state index contributed by atoms with van der Waals surface area (Å²) in [4.78, 5) is 28.9. The molecular weight excluding hydrogens is 442 g/mol. The van der Waals surface area contributed by atoms with E-state index in [1.165, 1.54) is 0 Å². The van der Waals surface area contributed by atoms with Crippen molar-refractivity contribution in [3.05, 3.63) is 54.5 Å². The zero-order valence-electron chi connectivity index (χ0n) is 20.3. The van der Waals surface area contributed by atoms with E-state index in [9.17, 15) is 9.90 Å². The lowest BCUT2D eigenvalue weighted by molar-refractivity contribution is 0.0785. The maximum atomic E-state index is 13.2. The quantitative estimate of drug-likeness (QED) is 0.524. The van der Waals surface area contributed by atoms with Gasteiger partial charge >= 0.3 is 0 Å². The predicted octanol–water partition coefficient (Wildman–Crippen LogP) is 1.78. The number of carbonyl (C=O) groups is 1. The molecule has 3 aromatic rings. The number of fused-ring (bicyclic) bond motifs is 1. The SMILES string of the molecule is CC1CN(c2ccncc2NC(=O)c2ccc3ccc(N4CCN(C)CC4)cc3n2)CC(N)C1O. The second-order valence-electron chi connectivity index (χ2n) is 9.75. The van der Waals surface area contributed by atoms with E-state index in [1.807, 2.05) is 19.1 Å². The molecule has 9 heteroatoms. The van der Waals surface area contributed by atoms with Gasteiger partial charge in [0, 0.05) is 68.5 Å². The second-order valence-corrected chi connectivity index (χ2v) is 9.75. The Morgan fingerprint density at radius 2 is 1.86 bits per heavy atom. The lowest BCUT2D eigenvalue weighted by Crippen LogP contribution is -2.55. The Morgan fingerprint density at radius 3 is 2.63 bits per heavy atom. The highest BCUT2D eigenvalue weighted by Crippen LogP contribution is 2.30. The minimum atomic E-state index is -0.538. The first-order chi connectivity index (χ1) is 16.9. The summed E-state index contributed by atoms with van der Waals surface area (Å²) in [6, 6.07) is 11.4. The van der Waals surface area contributed by atoms with Gasteiger partial charge in [-0.15, -0.1) is 0 Å². The number of pyridine rings is 2. The standard InChI is InChI=1S/C26H33N7O2/c1-17-15-33(16-20(27)25(17)34)24-7-8-28-14-23(24)30-26(35)21-6-4-18-3-5-19(13-22(18)29-21)32-11-9-31(2)10-12-32/h3-8,13-14,17,20,25,34H,9-12,15-16,27H2,1-2H3,(H,30,35). The summed E-state index contributed by atoms with van der Waals surface area (Å²) < 4.78 is 0. The molecule has 184 valence electrons. The number of hydrogen-bond donors (Lipinski definition) is 3. The van der Waals surface area contributed by atoms with E-state index in [0.717, 1.165) is 48.5 Å². The fourth-order valence-electron chi connectivity index (χ4n) is 4.95. The topological polar surface area (TPSA) is 111 Å². The van der Waals surface area contributed by atoms with E-state index in [-0.39, 0.29) is 17.9 Å². The van der Waals surface area contributed by atoms with Gasteiger partial charge in [0.1, 0.15) is 5.69 Å². The third kappa shape index (κ3) is 4.93. The van der Waals surface area contributed by atoms with Crippen molar-refractivity contribution in [2.75, 3.05) is 61.4 Å². The summed E-state index contributed by atoms with van der Waals surface area (Å²) in [6.45, 7) is 7.13. The van der Waals surface area contributed by atoms with E-state index < -0.39 is 6.10 Å². The van der Waals surface area contributed by atoms with Crippen LogP contribution in [0.1, 0.15) is 17.4 Å². The molecular formula is C26H33N7O2. The Bertz CT molecular complexity index is 1200. The molecule has 0 bridgehead atoms. The molecule has 2 aromatic heterocycles. The molecule has 9 nitrogen and oxygen atoms in total. The van der Waals surface area contributed by atoms with E-state index in [2.05, 4.69) is 55.2 Å². The molecule has 0 saturated carbocycles. The van der Waals surface area contributed by atoms with Crippen molar-refractivity contribution in [2.45, 2.75) is 19.1 Å². The zero-order valence-corrected chi connectivity index (χ0v) is 20.3. The number of hydrogen-bond acceptors (Lipinski definition) is 8. The number of rotatable bonds is 4. The van der Waals surface area contributed by atoms with Crippen molar-refractivity contribution < 1.29 is 9.90 Å². The van der Waals surface area contributed by atoms with Crippen LogP contribution in [0.5, 0.6) is 0 Å². The molecule has 2 aliphatic heterocycles. The Morgan fingerprint density at radius 1 is 1.09 bits per heavy atom. The van der Waals surface area contributed by atoms with Crippen LogP contribution in [0.3, 0.4) is 0 Å². The minimum Gasteiger partial charge on any atom is -0.391 e. The molecule has 2 aliphatic rings. The van der Waals surface area contributed by atoms with Gasteiger partial charge < -0.3 is 30.9 Å². The maximum absolute atomic E-state index is 13.2. The molecule has 2 saturated heterocycles. The number of nitrogens with one attached hydrogen (secondary N) is 1. The summed E-state index contributed by atoms with van der Waals surface area (Å²) >= 11 is 0. The molecule has 2 fully saturated rings. The number of anilines is 3. The van der Waals surface area contributed by atoms with Gasteiger partial charge in [-0.1, -0.05) is 19.1 Å². The van der Waals surface area contributed by atoms with E-state index in [4.69, 9.17) is 5.73 Å². The lowest BCUT2D eigenvalue weighted by Gasteiger charge is -2.40. The van der Waals surface area contributed by atoms with Crippen LogP contribution in [0, 0.1) is 5.92 Å². The number of benzene rings is 1. The number of nitrogens with two attached hydrogens (primary N) is 1. The average Bonchev–Trinajstić information content (AvgIpc) is 2.87. The van der Waals surface area contributed by atoms with E-state index in [0.29, 0.717) is 24.5 Å². The maximum Gasteiger partial charge on any atom is 0.274 e. The highest BCUT2D eigenvalue weighted by Gasteiger charge is 2.32. The number of amides is 1. The molecule has 3 unspecified atom stereocenters. The van der Waals surface area contributed by atoms with Crippen LogP contribution in [-0.2, 0) is 0 Å². The molecule has 35 heavy (non-hydrogen) atoms. The molecule has 1 aromatic carbocycles. The summed E-state index contributed by atoms with van der Waals surface area (Å²) in [5.41, 5.74) is 9.86. The second kappa shape index (κ2) is 9.77. The van der Waals surface area contributed by atoms with Crippen molar-refractivity contribution in [3.8, 4) is 0 Å². The van der Waals surface area contributed by atoms with E-state index in [1.54, 1.807) is 18.5 Å². The van der Waals surface area contributed by atoms with Gasteiger partial charge in [0.05, 0.1) is 29.2 Å². The molecule has 0 spiro atoms. The molecule has 4 N–H and O–H groups in total. The lowest BCUT2D eigenvalue weighted by atomic mass is 9.92. The molecule has 5 rings (SSSR count). The summed E-state index contributed by atoms with van der Waals surface area (Å²) in [5.74, 6) is -0.271. The van der Waals surface area contributed by atoms with Crippen molar-refractivity contribution in [3.63, 3.8) is 0 Å². The van der Waals surface area contributed by atoms with Gasteiger partial charge in [0.2, 0.25) is 0 Å². The van der Waals surface area contributed by atoms with Crippen molar-refractivity contribution >= 4 is 33.9 Å². The first kappa shape index (κ1) is 23.5. The zero-order chi connectivity index (χ0) is 24.5. The molecule has 4 heterocycles. The monoisotopic (exact) mass is 475 g/mol. The summed E-state index contributed by atoms with van der Waals surface area (Å²) in [5, 5.41) is 14.2. The minimum absolute atomic E-state index is 0.0205. The number of aromatic nitrogens is 2. The summed E-state index contributed by atoms with van der Waals surface area (Å²) in [6.07, 6.45) is 2.80. The number of piperazine rings is 1. The number of nitrogens with zero attached hydrogens (tertiary/aromatic N) is 5. The van der Waals surface area contributed by atoms with Gasteiger partial charge in [-0.25, -0.2) is 4.98 Å². The summed E-state index contributed by atoms with van der Waals surface area (Å²) in [7, 11) is 2.14. The predicted molar refractivity (Wildman–Crippen MR) is 139 cm³/mol. The Balaban J connectivity index is 1.36. The Hall–Kier alpha value is -3.27. The third-order valence-electron chi connectivity index (χ3n) is 7.12. The molecule has 0 aliphatic carbocycles. The first-order valence-corrected chi connectivity index (χ1v) is 12.2. The van der Waals surface area contributed by atoms with Crippen molar-refractivity contribution in [2.24, 2.45) is 11.7 Å². The van der Waals surface area contributed by atoms with Crippen LogP contribution in [0.2, 0.25) is 0 Å². The Kier molecular flexibility index (Phi) is 6.55. The highest BCUT2D eigenvalue weighted by atomic mass is 16.3. The fourth-order valence-corrected chi connectivity index (χ4v) is 4.95. The fraction of sp³-hybridized carbons (Fsp3) is 0.423. The van der Waals surface area contributed by atoms with Crippen molar-refractivity contribution in [1.82, 2.24) is 14.9 Å². The van der Waals surface area contributed by atoms with Crippen LogP contribution in [0.15, 0.2) is 48.8 Å². The smallest absolute Gasteiger partial charge is 0.274 e. The molecule has 3 atom stereocenters. The highest BCUT2D eigenvalue weighted by molar-refractivity contribution is 6.05. The largest absolute Gasteiger partial charge is 0.391 e. The van der Waals surface area contributed by atoms with Gasteiger partial charge in [-0.2, -0.15) is 0 Å². The number of piperidine rings is 1.